The number of amides is 2. The molecule has 2 saturated carbocycles. The van der Waals surface area contributed by atoms with Crippen molar-refractivity contribution in [1.82, 2.24) is 5.32 Å². The van der Waals surface area contributed by atoms with E-state index < -0.39 is 28.0 Å². The number of hydrogen-bond donors (Lipinski definition) is 2. The Bertz CT molecular complexity index is 1300. The Morgan fingerprint density at radius 2 is 1.71 bits per heavy atom. The first-order chi connectivity index (χ1) is 19.2. The van der Waals surface area contributed by atoms with Crippen molar-refractivity contribution in [1.29, 1.82) is 0 Å². The van der Waals surface area contributed by atoms with E-state index in [0.29, 0.717) is 48.6 Å². The number of carboxylic acid groups (broad SMARTS) is 1. The molecule has 2 amide bonds. The topological polar surface area (TPSA) is 130 Å². The molecular formula is C30H42N2O7S2. The van der Waals surface area contributed by atoms with E-state index in [-0.39, 0.29) is 45.7 Å². The molecule has 0 aromatic carbocycles. The van der Waals surface area contributed by atoms with Crippen LogP contribution in [0.2, 0.25) is 0 Å². The summed E-state index contributed by atoms with van der Waals surface area (Å²) in [5, 5.41) is 13.0. The molecule has 4 rings (SSSR count). The minimum atomic E-state index is -3.15. The van der Waals surface area contributed by atoms with Gasteiger partial charge in [-0.05, 0) is 90.5 Å². The van der Waals surface area contributed by atoms with E-state index in [9.17, 15) is 27.9 Å². The summed E-state index contributed by atoms with van der Waals surface area (Å²) in [5.74, 6) is 5.51. The van der Waals surface area contributed by atoms with Gasteiger partial charge in [-0.3, -0.25) is 4.79 Å². The lowest BCUT2D eigenvalue weighted by Crippen LogP contribution is -2.49. The van der Waals surface area contributed by atoms with E-state index in [1.165, 1.54) is 0 Å². The highest BCUT2D eigenvalue weighted by Gasteiger charge is 2.38. The van der Waals surface area contributed by atoms with Crippen LogP contribution in [0.25, 0.3) is 0 Å². The molecule has 0 radical (unpaired) electrons. The molecule has 3 aliphatic rings. The molecule has 3 fully saturated rings. The monoisotopic (exact) mass is 606 g/mol. The SMILES string of the molecule is CC(C)(C)C#Cc1cc(N(C(=O)[C@H]2CC[C@H](C)CC2)[C@H]2CC[C@H](NC(=O)OC3CCS(=O)(=O)C3)CC2)c(C(=O)O)s1. The average Bonchev–Trinajstić information content (AvgIpc) is 3.46. The third-order valence-electron chi connectivity index (χ3n) is 8.18. The standard InChI is InChI=1S/C30H42N2O7S2/c1-19-5-7-20(8-6-19)27(33)32(25-17-24(13-15-30(2,3)4)40-26(25)28(34)35)22-11-9-21(10-12-22)31-29(36)39-23-14-16-41(37,38)18-23/h17,19-23H,5-12,14,16,18H2,1-4H3,(H,31,36)(H,34,35)/t19-,20-,21-,22-,23?. The molecule has 1 aromatic heterocycles. The lowest BCUT2D eigenvalue weighted by Gasteiger charge is -2.39. The molecule has 226 valence electrons. The molecule has 2 aliphatic carbocycles. The van der Waals surface area contributed by atoms with Gasteiger partial charge in [0, 0.05) is 23.4 Å². The highest BCUT2D eigenvalue weighted by atomic mass is 32.2. The molecule has 1 aliphatic heterocycles. The summed E-state index contributed by atoms with van der Waals surface area (Å²) in [6.45, 7) is 8.17. The third-order valence-corrected chi connectivity index (χ3v) is 10.9. The van der Waals surface area contributed by atoms with Gasteiger partial charge < -0.3 is 20.1 Å². The largest absolute Gasteiger partial charge is 0.477 e. The van der Waals surface area contributed by atoms with Gasteiger partial charge in [-0.25, -0.2) is 18.0 Å². The van der Waals surface area contributed by atoms with Crippen LogP contribution in [0.3, 0.4) is 0 Å². The summed E-state index contributed by atoms with van der Waals surface area (Å²) >= 11 is 1.11. The van der Waals surface area contributed by atoms with Crippen LogP contribution in [-0.2, 0) is 19.4 Å². The first-order valence-electron chi connectivity index (χ1n) is 14.6. The zero-order valence-electron chi connectivity index (χ0n) is 24.4. The summed E-state index contributed by atoms with van der Waals surface area (Å²) in [7, 11) is -3.15. The lowest BCUT2D eigenvalue weighted by molar-refractivity contribution is -0.124. The first-order valence-corrected chi connectivity index (χ1v) is 17.3. The molecule has 1 aromatic rings. The van der Waals surface area contributed by atoms with Gasteiger partial charge in [0.05, 0.1) is 22.1 Å². The van der Waals surface area contributed by atoms with Crippen molar-refractivity contribution < 1.29 is 32.6 Å². The first kappa shape index (κ1) is 31.4. The minimum Gasteiger partial charge on any atom is -0.477 e. The zero-order chi connectivity index (χ0) is 29.9. The Morgan fingerprint density at radius 1 is 1.05 bits per heavy atom. The number of carbonyl (C=O) groups excluding carboxylic acids is 2. The number of sulfone groups is 1. The summed E-state index contributed by atoms with van der Waals surface area (Å²) in [4.78, 5) is 41.3. The van der Waals surface area contributed by atoms with Gasteiger partial charge in [0.25, 0.3) is 0 Å². The maximum absolute atomic E-state index is 14.1. The third kappa shape index (κ3) is 8.48. The highest BCUT2D eigenvalue weighted by molar-refractivity contribution is 7.91. The van der Waals surface area contributed by atoms with Crippen LogP contribution in [0.15, 0.2) is 6.07 Å². The Balaban J connectivity index is 1.51. The smallest absolute Gasteiger partial charge is 0.407 e. The van der Waals surface area contributed by atoms with Gasteiger partial charge in [0.2, 0.25) is 5.91 Å². The molecule has 2 heterocycles. The normalized spacial score (nSPS) is 27.8. The molecule has 11 heteroatoms. The molecule has 9 nitrogen and oxygen atoms in total. The van der Waals surface area contributed by atoms with E-state index >= 15 is 0 Å². The number of nitrogens with one attached hydrogen (secondary N) is 1. The van der Waals surface area contributed by atoms with E-state index in [4.69, 9.17) is 4.74 Å². The van der Waals surface area contributed by atoms with Gasteiger partial charge in [0.15, 0.2) is 9.84 Å². The van der Waals surface area contributed by atoms with Crippen molar-refractivity contribution in [2.75, 3.05) is 16.4 Å². The number of aromatic carboxylic acids is 1. The van der Waals surface area contributed by atoms with Gasteiger partial charge in [-0.15, -0.1) is 11.3 Å². The van der Waals surface area contributed by atoms with Gasteiger partial charge in [-0.2, -0.15) is 0 Å². The lowest BCUT2D eigenvalue weighted by atomic mass is 9.81. The molecule has 1 atom stereocenters. The number of rotatable bonds is 6. The van der Waals surface area contributed by atoms with E-state index in [1.807, 2.05) is 20.8 Å². The fourth-order valence-corrected chi connectivity index (χ4v) is 8.34. The van der Waals surface area contributed by atoms with E-state index in [0.717, 1.165) is 37.0 Å². The number of carbonyl (C=O) groups is 3. The van der Waals surface area contributed by atoms with Crippen LogP contribution in [-0.4, -0.2) is 61.2 Å². The maximum atomic E-state index is 14.1. The van der Waals surface area contributed by atoms with Crippen LogP contribution in [0.5, 0.6) is 0 Å². The minimum absolute atomic E-state index is 0.0224. The molecule has 1 unspecified atom stereocenters. The molecule has 41 heavy (non-hydrogen) atoms. The number of alkyl carbamates (subject to hydrolysis) is 1. The van der Waals surface area contributed by atoms with Gasteiger partial charge in [-0.1, -0.05) is 18.8 Å². The Morgan fingerprint density at radius 3 is 2.27 bits per heavy atom. The van der Waals surface area contributed by atoms with Crippen LogP contribution < -0.4 is 10.2 Å². The van der Waals surface area contributed by atoms with Crippen molar-refractivity contribution in [3.63, 3.8) is 0 Å². The maximum Gasteiger partial charge on any atom is 0.407 e. The number of carboxylic acids is 1. The average molecular weight is 607 g/mol. The summed E-state index contributed by atoms with van der Waals surface area (Å²) in [5.41, 5.74) is 0.169. The second kappa shape index (κ2) is 12.7. The molecule has 0 bridgehead atoms. The second-order valence-corrected chi connectivity index (χ2v) is 16.2. The van der Waals surface area contributed by atoms with E-state index in [2.05, 4.69) is 24.1 Å². The van der Waals surface area contributed by atoms with Crippen LogP contribution in [0.1, 0.15) is 100 Å². The number of thiophene rings is 1. The number of anilines is 1. The molecule has 1 saturated heterocycles. The highest BCUT2D eigenvalue weighted by Crippen LogP contribution is 2.39. The Labute approximate surface area is 247 Å². The van der Waals surface area contributed by atoms with E-state index in [1.54, 1.807) is 11.0 Å². The quantitative estimate of drug-likeness (QED) is 0.424. The van der Waals surface area contributed by atoms with Crippen LogP contribution in [0, 0.1) is 29.1 Å². The molecule has 0 spiro atoms. The van der Waals surface area contributed by atoms with Crippen molar-refractivity contribution in [3.05, 3.63) is 15.8 Å². The zero-order valence-corrected chi connectivity index (χ0v) is 26.0. The van der Waals surface area contributed by atoms with Crippen LogP contribution >= 0.6 is 11.3 Å². The second-order valence-electron chi connectivity index (χ2n) is 12.9. The number of hydrogen-bond acceptors (Lipinski definition) is 7. The summed E-state index contributed by atoms with van der Waals surface area (Å²) < 4.78 is 28.7. The predicted octanol–water partition coefficient (Wildman–Crippen LogP) is 5.23. The van der Waals surface area contributed by atoms with Crippen molar-refractivity contribution in [3.8, 4) is 11.8 Å². The summed E-state index contributed by atoms with van der Waals surface area (Å²) in [6, 6.07) is 1.39. The van der Waals surface area contributed by atoms with Gasteiger partial charge in [0.1, 0.15) is 11.0 Å². The number of ether oxygens (including phenoxy) is 1. The Kier molecular flexibility index (Phi) is 9.74. The van der Waals surface area contributed by atoms with Gasteiger partial charge >= 0.3 is 12.1 Å². The molecular weight excluding hydrogens is 564 g/mol. The predicted molar refractivity (Wildman–Crippen MR) is 159 cm³/mol. The fourth-order valence-electron chi connectivity index (χ4n) is 5.91. The number of nitrogens with zero attached hydrogens (tertiary/aromatic N) is 1. The van der Waals surface area contributed by atoms with Crippen molar-refractivity contribution in [2.45, 2.75) is 104 Å². The van der Waals surface area contributed by atoms with Crippen molar-refractivity contribution >= 4 is 44.8 Å². The summed E-state index contributed by atoms with van der Waals surface area (Å²) in [6.07, 6.45) is 4.98. The Hall–Kier alpha value is -2.58. The fraction of sp³-hybridized carbons (Fsp3) is 0.700. The van der Waals surface area contributed by atoms with Crippen molar-refractivity contribution in [2.24, 2.45) is 17.3 Å². The van der Waals surface area contributed by atoms with Crippen LogP contribution in [0.4, 0.5) is 10.5 Å². The molecule has 2 N–H and O–H groups in total.